The molecule has 0 aromatic heterocycles. The molecule has 1 heterocycles. The third-order valence-electron chi connectivity index (χ3n) is 3.49. The molecule has 0 spiro atoms. The number of carbonyl (C=O) groups is 1. The second kappa shape index (κ2) is 4.86. The molecule has 0 bridgehead atoms. The van der Waals surface area contributed by atoms with Crippen molar-refractivity contribution in [1.29, 1.82) is 0 Å². The predicted molar refractivity (Wildman–Crippen MR) is 80.8 cm³/mol. The van der Waals surface area contributed by atoms with Crippen LogP contribution in [0.1, 0.15) is 11.1 Å². The van der Waals surface area contributed by atoms with Gasteiger partial charge in [-0.15, -0.1) is 0 Å². The number of hydrogen-bond donors (Lipinski definition) is 0. The minimum Gasteiger partial charge on any atom is -0.311 e. The van der Waals surface area contributed by atoms with Gasteiger partial charge in [0, 0.05) is 24.7 Å². The van der Waals surface area contributed by atoms with Gasteiger partial charge in [-0.05, 0) is 17.7 Å². The van der Waals surface area contributed by atoms with Crippen molar-refractivity contribution in [3.05, 3.63) is 69.8 Å². The maximum absolute atomic E-state index is 12.3. The second-order valence-electron chi connectivity index (χ2n) is 4.79. The lowest BCUT2D eigenvalue weighted by Crippen LogP contribution is -2.20. The number of benzene rings is 2. The van der Waals surface area contributed by atoms with Crippen molar-refractivity contribution in [2.45, 2.75) is 0 Å². The fraction of sp³-hybridized carbons (Fsp3) is 0.0625. The molecule has 1 aliphatic rings. The van der Waals surface area contributed by atoms with Gasteiger partial charge < -0.3 is 4.90 Å². The SMILES string of the molecule is CN1C(=O)/C(=C\c2ccccc2)c2cc([N+](=O)[O-])ccc21. The quantitative estimate of drug-likeness (QED) is 0.482. The number of non-ortho nitro benzene ring substituents is 1. The van der Waals surface area contributed by atoms with Gasteiger partial charge in [0.2, 0.25) is 0 Å². The number of fused-ring (bicyclic) bond motifs is 1. The van der Waals surface area contributed by atoms with E-state index in [2.05, 4.69) is 0 Å². The summed E-state index contributed by atoms with van der Waals surface area (Å²) in [6.45, 7) is 0. The van der Waals surface area contributed by atoms with Crippen LogP contribution in [-0.2, 0) is 4.79 Å². The molecule has 0 saturated heterocycles. The van der Waals surface area contributed by atoms with Crippen molar-refractivity contribution in [2.75, 3.05) is 11.9 Å². The Balaban J connectivity index is 2.16. The molecular formula is C16H12N2O3. The van der Waals surface area contributed by atoms with Gasteiger partial charge in [0.15, 0.2) is 0 Å². The lowest BCUT2D eigenvalue weighted by molar-refractivity contribution is -0.384. The maximum Gasteiger partial charge on any atom is 0.270 e. The number of nitro groups is 1. The van der Waals surface area contributed by atoms with E-state index in [4.69, 9.17) is 0 Å². The molecule has 5 heteroatoms. The Bertz CT molecular complexity index is 766. The molecule has 0 saturated carbocycles. The van der Waals surface area contributed by atoms with Crippen molar-refractivity contribution >= 4 is 28.9 Å². The first-order valence-electron chi connectivity index (χ1n) is 6.41. The molecule has 1 amide bonds. The first-order chi connectivity index (χ1) is 10.1. The highest BCUT2D eigenvalue weighted by Gasteiger charge is 2.31. The fourth-order valence-corrected chi connectivity index (χ4v) is 2.41. The number of rotatable bonds is 2. The summed E-state index contributed by atoms with van der Waals surface area (Å²) in [6.07, 6.45) is 1.76. The molecule has 0 aliphatic carbocycles. The van der Waals surface area contributed by atoms with Gasteiger partial charge in [0.25, 0.3) is 11.6 Å². The van der Waals surface area contributed by atoms with Crippen LogP contribution in [0.25, 0.3) is 11.6 Å². The van der Waals surface area contributed by atoms with Gasteiger partial charge >= 0.3 is 0 Å². The molecule has 5 nitrogen and oxygen atoms in total. The van der Waals surface area contributed by atoms with Crippen LogP contribution in [-0.4, -0.2) is 17.9 Å². The Morgan fingerprint density at radius 3 is 2.52 bits per heavy atom. The zero-order chi connectivity index (χ0) is 15.0. The van der Waals surface area contributed by atoms with Gasteiger partial charge in [-0.2, -0.15) is 0 Å². The molecule has 0 atom stereocenters. The first kappa shape index (κ1) is 13.1. The molecule has 2 aromatic carbocycles. The third-order valence-corrected chi connectivity index (χ3v) is 3.49. The molecule has 2 aromatic rings. The van der Waals surface area contributed by atoms with E-state index >= 15 is 0 Å². The summed E-state index contributed by atoms with van der Waals surface area (Å²) in [7, 11) is 1.67. The molecule has 1 aliphatic heterocycles. The zero-order valence-corrected chi connectivity index (χ0v) is 11.3. The molecule has 0 radical (unpaired) electrons. The number of amides is 1. The second-order valence-corrected chi connectivity index (χ2v) is 4.79. The minimum atomic E-state index is -0.455. The summed E-state index contributed by atoms with van der Waals surface area (Å²) in [5.41, 5.74) is 2.63. The molecular weight excluding hydrogens is 268 g/mol. The number of carbonyl (C=O) groups excluding carboxylic acids is 1. The van der Waals surface area contributed by atoms with E-state index in [9.17, 15) is 14.9 Å². The normalized spacial score (nSPS) is 15.4. The molecule has 3 rings (SSSR count). The zero-order valence-electron chi connectivity index (χ0n) is 11.3. The van der Waals surface area contributed by atoms with E-state index < -0.39 is 4.92 Å². The highest BCUT2D eigenvalue weighted by atomic mass is 16.6. The summed E-state index contributed by atoms with van der Waals surface area (Å²) in [4.78, 5) is 24.3. The monoisotopic (exact) mass is 280 g/mol. The maximum atomic E-state index is 12.3. The van der Waals surface area contributed by atoms with Crippen molar-refractivity contribution in [1.82, 2.24) is 0 Å². The Labute approximate surface area is 121 Å². The molecule has 0 unspecified atom stereocenters. The summed E-state index contributed by atoms with van der Waals surface area (Å²) in [6, 6.07) is 13.9. The van der Waals surface area contributed by atoms with E-state index in [1.54, 1.807) is 19.2 Å². The van der Waals surface area contributed by atoms with Gasteiger partial charge in [-0.25, -0.2) is 0 Å². The highest BCUT2D eigenvalue weighted by molar-refractivity contribution is 6.35. The average molecular weight is 280 g/mol. The van der Waals surface area contributed by atoms with Crippen LogP contribution in [0, 0.1) is 10.1 Å². The van der Waals surface area contributed by atoms with Crippen LogP contribution in [0.5, 0.6) is 0 Å². The first-order valence-corrected chi connectivity index (χ1v) is 6.41. The van der Waals surface area contributed by atoms with Gasteiger partial charge in [0.1, 0.15) is 0 Å². The lowest BCUT2D eigenvalue weighted by Gasteiger charge is -2.08. The van der Waals surface area contributed by atoms with E-state index in [1.807, 2.05) is 30.3 Å². The van der Waals surface area contributed by atoms with Crippen LogP contribution in [0.3, 0.4) is 0 Å². The van der Waals surface area contributed by atoms with E-state index in [0.717, 1.165) is 5.56 Å². The Hall–Kier alpha value is -2.95. The average Bonchev–Trinajstić information content (AvgIpc) is 2.73. The van der Waals surface area contributed by atoms with Crippen LogP contribution in [0.15, 0.2) is 48.5 Å². The van der Waals surface area contributed by atoms with E-state index in [0.29, 0.717) is 16.8 Å². The summed E-state index contributed by atoms with van der Waals surface area (Å²) in [5.74, 6) is -0.158. The minimum absolute atomic E-state index is 0.0178. The van der Waals surface area contributed by atoms with Crippen molar-refractivity contribution < 1.29 is 9.72 Å². The van der Waals surface area contributed by atoms with Crippen LogP contribution in [0.2, 0.25) is 0 Å². The van der Waals surface area contributed by atoms with E-state index in [-0.39, 0.29) is 11.6 Å². The Morgan fingerprint density at radius 1 is 1.14 bits per heavy atom. The largest absolute Gasteiger partial charge is 0.311 e. The van der Waals surface area contributed by atoms with E-state index in [1.165, 1.54) is 17.0 Å². The van der Waals surface area contributed by atoms with Gasteiger partial charge in [-0.3, -0.25) is 14.9 Å². The number of hydrogen-bond acceptors (Lipinski definition) is 3. The van der Waals surface area contributed by atoms with Gasteiger partial charge in [-0.1, -0.05) is 30.3 Å². The van der Waals surface area contributed by atoms with Crippen molar-refractivity contribution in [2.24, 2.45) is 0 Å². The number of anilines is 1. The summed E-state index contributed by atoms with van der Waals surface area (Å²) >= 11 is 0. The topological polar surface area (TPSA) is 63.5 Å². The fourth-order valence-electron chi connectivity index (χ4n) is 2.41. The van der Waals surface area contributed by atoms with Gasteiger partial charge in [0.05, 0.1) is 16.2 Å². The summed E-state index contributed by atoms with van der Waals surface area (Å²) in [5, 5.41) is 10.9. The van der Waals surface area contributed by atoms with Crippen LogP contribution < -0.4 is 4.90 Å². The summed E-state index contributed by atoms with van der Waals surface area (Å²) < 4.78 is 0. The number of likely N-dealkylation sites (N-methyl/N-ethyl adjacent to an activating group) is 1. The molecule has 104 valence electrons. The standard InChI is InChI=1S/C16H12N2O3/c1-17-15-8-7-12(18(20)21)10-13(15)14(16(17)19)9-11-5-3-2-4-6-11/h2-10H,1H3/b14-9-. The Kier molecular flexibility index (Phi) is 3.02. The molecule has 21 heavy (non-hydrogen) atoms. The van der Waals surface area contributed by atoms with Crippen LogP contribution in [0.4, 0.5) is 11.4 Å². The van der Waals surface area contributed by atoms with Crippen LogP contribution >= 0.6 is 0 Å². The van der Waals surface area contributed by atoms with Crippen molar-refractivity contribution in [3.8, 4) is 0 Å². The highest BCUT2D eigenvalue weighted by Crippen LogP contribution is 2.38. The number of nitrogens with zero attached hydrogens (tertiary/aromatic N) is 2. The predicted octanol–water partition coefficient (Wildman–Crippen LogP) is 3.11. The van der Waals surface area contributed by atoms with Crippen molar-refractivity contribution in [3.63, 3.8) is 0 Å². The Morgan fingerprint density at radius 2 is 1.86 bits per heavy atom. The third kappa shape index (κ3) is 2.18. The molecule has 0 N–H and O–H groups in total. The lowest BCUT2D eigenvalue weighted by atomic mass is 10.0. The number of nitro benzene ring substituents is 1. The smallest absolute Gasteiger partial charge is 0.270 e. The molecule has 0 fully saturated rings.